The van der Waals surface area contributed by atoms with Crippen molar-refractivity contribution >= 4 is 35.1 Å². The average molecular weight is 291 g/mol. The molecule has 0 radical (unpaired) electrons. The van der Waals surface area contributed by atoms with E-state index < -0.39 is 0 Å². The fourth-order valence-corrected chi connectivity index (χ4v) is 4.26. The Morgan fingerprint density at radius 2 is 1.59 bits per heavy atom. The summed E-state index contributed by atoms with van der Waals surface area (Å²) in [6, 6.07) is 0. The summed E-state index contributed by atoms with van der Waals surface area (Å²) in [4.78, 5) is 4.54. The minimum Gasteiger partial charge on any atom is -0.203 e. The monoisotopic (exact) mass is 290 g/mol. The second-order valence-electron chi connectivity index (χ2n) is 4.90. The Morgan fingerprint density at radius 1 is 1.00 bits per heavy atom. The predicted octanol–water partition coefficient (Wildman–Crippen LogP) is 4.81. The molecule has 0 N–H and O–H groups in total. The highest BCUT2D eigenvalue weighted by molar-refractivity contribution is 8.01. The van der Waals surface area contributed by atoms with Crippen molar-refractivity contribution in [3.8, 4) is 0 Å². The van der Waals surface area contributed by atoms with Crippen LogP contribution in [0.15, 0.2) is 9.50 Å². The van der Waals surface area contributed by atoms with Gasteiger partial charge in [-0.25, -0.2) is 4.98 Å². The van der Waals surface area contributed by atoms with Crippen LogP contribution >= 0.6 is 35.1 Å². The first-order valence-electron chi connectivity index (χ1n) is 6.17. The van der Waals surface area contributed by atoms with Gasteiger partial charge in [-0.05, 0) is 36.2 Å². The van der Waals surface area contributed by atoms with Gasteiger partial charge in [0.15, 0.2) is 4.34 Å². The highest BCUT2D eigenvalue weighted by Gasteiger charge is 2.06. The minimum absolute atomic E-state index is 0.765. The zero-order valence-corrected chi connectivity index (χ0v) is 13.6. The van der Waals surface area contributed by atoms with Gasteiger partial charge in [0.1, 0.15) is 0 Å². The first-order chi connectivity index (χ1) is 8.08. The average Bonchev–Trinajstić information content (AvgIpc) is 2.65. The molecule has 1 heterocycles. The van der Waals surface area contributed by atoms with Gasteiger partial charge in [0.2, 0.25) is 5.16 Å². The fourth-order valence-electron chi connectivity index (χ4n) is 1.08. The van der Waals surface area contributed by atoms with Crippen molar-refractivity contribution in [2.45, 2.75) is 50.0 Å². The summed E-state index contributed by atoms with van der Waals surface area (Å²) in [6.07, 6.45) is 2.49. The van der Waals surface area contributed by atoms with E-state index in [4.69, 9.17) is 0 Å². The van der Waals surface area contributed by atoms with Gasteiger partial charge < -0.3 is 0 Å². The van der Waals surface area contributed by atoms with Crippen LogP contribution in [0.3, 0.4) is 0 Å². The van der Waals surface area contributed by atoms with Gasteiger partial charge in [-0.15, -0.1) is 0 Å². The number of hydrogen-bond acceptors (Lipinski definition) is 5. The quantitative estimate of drug-likeness (QED) is 0.641. The van der Waals surface area contributed by atoms with Crippen LogP contribution in [-0.2, 0) is 0 Å². The molecule has 0 bridgehead atoms. The van der Waals surface area contributed by atoms with E-state index in [9.17, 15) is 0 Å². The molecule has 0 aliphatic rings. The fraction of sp³-hybridized carbons (Fsp3) is 0.833. The van der Waals surface area contributed by atoms with Crippen molar-refractivity contribution < 1.29 is 0 Å². The highest BCUT2D eigenvalue weighted by Crippen LogP contribution is 2.26. The molecular formula is C12H22N2S3. The minimum atomic E-state index is 0.765. The Labute approximate surface area is 118 Å². The maximum Gasteiger partial charge on any atom is 0.201 e. The molecule has 0 unspecified atom stereocenters. The molecule has 17 heavy (non-hydrogen) atoms. The lowest BCUT2D eigenvalue weighted by Crippen LogP contribution is -1.90. The van der Waals surface area contributed by atoms with E-state index in [1.807, 2.05) is 11.8 Å². The molecule has 1 aromatic rings. The highest BCUT2D eigenvalue weighted by atomic mass is 32.2. The lowest BCUT2D eigenvalue weighted by molar-refractivity contribution is 0.631. The van der Waals surface area contributed by atoms with E-state index in [0.717, 1.165) is 32.8 Å². The molecule has 0 saturated carbocycles. The van der Waals surface area contributed by atoms with Crippen molar-refractivity contribution in [3.63, 3.8) is 0 Å². The third kappa shape index (κ3) is 7.32. The van der Waals surface area contributed by atoms with Gasteiger partial charge in [-0.1, -0.05) is 51.2 Å². The molecule has 0 aliphatic heterocycles. The van der Waals surface area contributed by atoms with Gasteiger partial charge in [-0.2, -0.15) is 4.37 Å². The molecule has 1 rings (SSSR count). The zero-order chi connectivity index (χ0) is 12.7. The van der Waals surface area contributed by atoms with Crippen LogP contribution in [0.4, 0.5) is 0 Å². The molecule has 0 aliphatic carbocycles. The van der Waals surface area contributed by atoms with Crippen LogP contribution in [-0.4, -0.2) is 20.9 Å². The number of thioether (sulfide) groups is 2. The third-order valence-electron chi connectivity index (χ3n) is 2.24. The second-order valence-corrected chi connectivity index (χ2v) is 8.06. The molecule has 0 amide bonds. The molecular weight excluding hydrogens is 268 g/mol. The maximum atomic E-state index is 4.54. The normalized spacial score (nSPS) is 11.6. The Bertz CT molecular complexity index is 282. The van der Waals surface area contributed by atoms with E-state index in [0.29, 0.717) is 0 Å². The van der Waals surface area contributed by atoms with Crippen molar-refractivity contribution in [3.05, 3.63) is 0 Å². The largest absolute Gasteiger partial charge is 0.203 e. The van der Waals surface area contributed by atoms with Crippen LogP contribution in [0.25, 0.3) is 0 Å². The lowest BCUT2D eigenvalue weighted by atomic mass is 10.2. The number of aromatic nitrogens is 2. The summed E-state index contributed by atoms with van der Waals surface area (Å²) in [5.41, 5.74) is 0. The molecule has 0 spiro atoms. The van der Waals surface area contributed by atoms with Gasteiger partial charge in [0.05, 0.1) is 0 Å². The summed E-state index contributed by atoms with van der Waals surface area (Å²) in [7, 11) is 0. The van der Waals surface area contributed by atoms with E-state index in [1.54, 1.807) is 23.3 Å². The van der Waals surface area contributed by atoms with Gasteiger partial charge in [-0.3, -0.25) is 0 Å². The summed E-state index contributed by atoms with van der Waals surface area (Å²) >= 11 is 5.17. The lowest BCUT2D eigenvalue weighted by Gasteiger charge is -2.01. The molecule has 98 valence electrons. The van der Waals surface area contributed by atoms with Crippen LogP contribution < -0.4 is 0 Å². The molecule has 1 aromatic heterocycles. The summed E-state index contributed by atoms with van der Waals surface area (Å²) < 4.78 is 5.51. The Morgan fingerprint density at radius 3 is 2.18 bits per heavy atom. The Hall–Kier alpha value is 0.260. The number of nitrogens with zero attached hydrogens (tertiary/aromatic N) is 2. The molecule has 2 nitrogen and oxygen atoms in total. The molecule has 0 fully saturated rings. The van der Waals surface area contributed by atoms with E-state index in [2.05, 4.69) is 37.1 Å². The Kier molecular flexibility index (Phi) is 7.55. The maximum absolute atomic E-state index is 4.54. The van der Waals surface area contributed by atoms with Crippen LogP contribution in [0.2, 0.25) is 0 Å². The van der Waals surface area contributed by atoms with Crippen LogP contribution in [0, 0.1) is 11.8 Å². The SMILES string of the molecule is CC(C)CCSc1nsc(SCCC(C)C)n1. The van der Waals surface area contributed by atoms with E-state index in [-0.39, 0.29) is 0 Å². The summed E-state index contributed by atoms with van der Waals surface area (Å²) in [5, 5.41) is 0.961. The van der Waals surface area contributed by atoms with Crippen molar-refractivity contribution in [1.29, 1.82) is 0 Å². The van der Waals surface area contributed by atoms with Crippen LogP contribution in [0.5, 0.6) is 0 Å². The van der Waals surface area contributed by atoms with Crippen molar-refractivity contribution in [1.82, 2.24) is 9.36 Å². The second kappa shape index (κ2) is 8.38. The van der Waals surface area contributed by atoms with E-state index >= 15 is 0 Å². The zero-order valence-electron chi connectivity index (χ0n) is 11.1. The van der Waals surface area contributed by atoms with Crippen molar-refractivity contribution in [2.24, 2.45) is 11.8 Å². The summed E-state index contributed by atoms with van der Waals surface area (Å²) in [5.74, 6) is 3.82. The van der Waals surface area contributed by atoms with Gasteiger partial charge >= 0.3 is 0 Å². The first-order valence-corrected chi connectivity index (χ1v) is 8.91. The molecule has 0 aromatic carbocycles. The molecule has 0 saturated heterocycles. The first kappa shape index (κ1) is 15.3. The van der Waals surface area contributed by atoms with Crippen LogP contribution in [0.1, 0.15) is 40.5 Å². The third-order valence-corrected chi connectivity index (χ3v) is 5.10. The standard InChI is InChI=1S/C12H22N2S3/c1-9(2)5-7-15-11-13-12(17-14-11)16-8-6-10(3)4/h9-10H,5-8H2,1-4H3. The number of hydrogen-bond donors (Lipinski definition) is 0. The van der Waals surface area contributed by atoms with E-state index in [1.165, 1.54) is 12.8 Å². The molecule has 0 atom stereocenters. The summed E-state index contributed by atoms with van der Waals surface area (Å²) in [6.45, 7) is 9.02. The number of rotatable bonds is 8. The Balaban J connectivity index is 2.23. The molecule has 5 heteroatoms. The van der Waals surface area contributed by atoms with Gasteiger partial charge in [0.25, 0.3) is 0 Å². The van der Waals surface area contributed by atoms with Crippen molar-refractivity contribution in [2.75, 3.05) is 11.5 Å². The topological polar surface area (TPSA) is 25.8 Å². The van der Waals surface area contributed by atoms with Gasteiger partial charge in [0, 0.05) is 11.5 Å². The smallest absolute Gasteiger partial charge is 0.201 e. The predicted molar refractivity (Wildman–Crippen MR) is 80.3 cm³/mol.